The first-order chi connectivity index (χ1) is 7.32. The Hall–Kier alpha value is -0.610. The van der Waals surface area contributed by atoms with Crippen LogP contribution in [0.5, 0.6) is 0 Å². The van der Waals surface area contributed by atoms with E-state index in [1.165, 1.54) is 30.7 Å². The standard InChI is InChI=1S/C14H20P/c1-3-10-15(11-4-2)12-9-13-7-5-6-8-14(13)15/h5-9,12H,3-4,10-11H2,1-2H3. The van der Waals surface area contributed by atoms with Crippen LogP contribution in [0, 0.1) is 0 Å². The van der Waals surface area contributed by atoms with Gasteiger partial charge in [0.2, 0.25) is 0 Å². The predicted octanol–water partition coefficient (Wildman–Crippen LogP) is 4.13. The number of benzene rings is 1. The van der Waals surface area contributed by atoms with Gasteiger partial charge in [-0.15, -0.1) is 0 Å². The summed E-state index contributed by atoms with van der Waals surface area (Å²) >= 11 is 0. The van der Waals surface area contributed by atoms with Crippen molar-refractivity contribution < 1.29 is 0 Å². The molecule has 0 aliphatic carbocycles. The van der Waals surface area contributed by atoms with Crippen molar-refractivity contribution in [3.63, 3.8) is 0 Å². The third-order valence-corrected chi connectivity index (χ3v) is 7.78. The van der Waals surface area contributed by atoms with Gasteiger partial charge in [0.25, 0.3) is 0 Å². The zero-order chi connectivity index (χ0) is 10.7. The van der Waals surface area contributed by atoms with Crippen molar-refractivity contribution in [2.45, 2.75) is 26.7 Å². The number of hydrogen-bond donors (Lipinski definition) is 0. The van der Waals surface area contributed by atoms with Gasteiger partial charge in [-0.1, -0.05) is 70.1 Å². The van der Waals surface area contributed by atoms with E-state index < -0.39 is 7.26 Å². The lowest BCUT2D eigenvalue weighted by Crippen LogP contribution is -2.14. The smallest absolute Gasteiger partial charge is 0.0172 e. The summed E-state index contributed by atoms with van der Waals surface area (Å²) in [5.74, 6) is 2.55. The molecule has 0 atom stereocenters. The highest BCUT2D eigenvalue weighted by molar-refractivity contribution is 7.86. The number of rotatable bonds is 4. The molecule has 0 saturated heterocycles. The minimum Gasteiger partial charge on any atom is -0.0767 e. The molecule has 1 aromatic carbocycles. The molecule has 1 aromatic rings. The topological polar surface area (TPSA) is 0 Å². The molecule has 1 aliphatic heterocycles. The molecule has 1 aliphatic rings. The Labute approximate surface area is 93.7 Å². The summed E-state index contributed by atoms with van der Waals surface area (Å²) in [6.45, 7) is 4.62. The third-order valence-electron chi connectivity index (χ3n) is 3.20. The second-order valence-electron chi connectivity index (χ2n) is 4.36. The molecule has 0 N–H and O–H groups in total. The van der Waals surface area contributed by atoms with Gasteiger partial charge >= 0.3 is 0 Å². The van der Waals surface area contributed by atoms with Crippen LogP contribution in [-0.2, 0) is 0 Å². The van der Waals surface area contributed by atoms with Gasteiger partial charge in [-0.05, 0) is 23.2 Å². The molecule has 2 rings (SSSR count). The second kappa shape index (κ2) is 4.49. The van der Waals surface area contributed by atoms with E-state index in [1.54, 1.807) is 5.30 Å². The van der Waals surface area contributed by atoms with Gasteiger partial charge in [-0.25, -0.2) is 0 Å². The monoisotopic (exact) mass is 219 g/mol. The van der Waals surface area contributed by atoms with Gasteiger partial charge in [0, 0.05) is 0 Å². The maximum Gasteiger partial charge on any atom is -0.0172 e. The summed E-state index contributed by atoms with van der Waals surface area (Å²) in [5, 5.41) is 1.66. The molecule has 81 valence electrons. The molecular weight excluding hydrogens is 199 g/mol. The largest absolute Gasteiger partial charge is 0.0767 e. The lowest BCUT2D eigenvalue weighted by Gasteiger charge is -2.31. The van der Waals surface area contributed by atoms with E-state index in [9.17, 15) is 0 Å². The van der Waals surface area contributed by atoms with E-state index >= 15 is 0 Å². The van der Waals surface area contributed by atoms with Crippen molar-refractivity contribution in [3.05, 3.63) is 35.6 Å². The van der Waals surface area contributed by atoms with Gasteiger partial charge in [0.15, 0.2) is 0 Å². The van der Waals surface area contributed by atoms with Crippen LogP contribution in [0.15, 0.2) is 30.1 Å². The number of fused-ring (bicyclic) bond motifs is 1. The van der Waals surface area contributed by atoms with E-state index in [1.807, 2.05) is 0 Å². The summed E-state index contributed by atoms with van der Waals surface area (Å²) in [6, 6.07) is 8.97. The minimum absolute atomic E-state index is 0.917. The van der Waals surface area contributed by atoms with Crippen LogP contribution in [-0.4, -0.2) is 12.3 Å². The maximum absolute atomic E-state index is 2.55. The van der Waals surface area contributed by atoms with Crippen molar-refractivity contribution in [2.24, 2.45) is 0 Å². The highest BCUT2D eigenvalue weighted by Gasteiger charge is 2.30. The van der Waals surface area contributed by atoms with Gasteiger partial charge in [-0.2, -0.15) is 0 Å². The molecule has 1 heterocycles. The first-order valence-corrected chi connectivity index (χ1v) is 8.21. The Morgan fingerprint density at radius 3 is 2.33 bits per heavy atom. The van der Waals surface area contributed by atoms with Crippen LogP contribution in [0.1, 0.15) is 32.3 Å². The molecule has 15 heavy (non-hydrogen) atoms. The van der Waals surface area contributed by atoms with Crippen molar-refractivity contribution in [3.8, 4) is 0 Å². The zero-order valence-electron chi connectivity index (χ0n) is 9.74. The average Bonchev–Trinajstić information content (AvgIpc) is 2.60. The van der Waals surface area contributed by atoms with Crippen molar-refractivity contribution >= 4 is 18.6 Å². The summed E-state index contributed by atoms with van der Waals surface area (Å²) in [7, 11) is -0.917. The van der Waals surface area contributed by atoms with Gasteiger partial charge in [0.1, 0.15) is 0 Å². The summed E-state index contributed by atoms with van der Waals surface area (Å²) < 4.78 is 0. The predicted molar refractivity (Wildman–Crippen MR) is 72.3 cm³/mol. The normalized spacial score (nSPS) is 16.7. The second-order valence-corrected chi connectivity index (χ2v) is 8.10. The van der Waals surface area contributed by atoms with Crippen molar-refractivity contribution in [2.75, 3.05) is 12.3 Å². The van der Waals surface area contributed by atoms with Crippen LogP contribution in [0.4, 0.5) is 0 Å². The summed E-state index contributed by atoms with van der Waals surface area (Å²) in [6.07, 6.45) is 7.77. The fourth-order valence-corrected chi connectivity index (χ4v) is 6.89. The van der Waals surface area contributed by atoms with E-state index in [0.717, 1.165) is 0 Å². The van der Waals surface area contributed by atoms with Gasteiger partial charge < -0.3 is 0 Å². The van der Waals surface area contributed by atoms with Crippen molar-refractivity contribution in [1.82, 2.24) is 0 Å². The SMILES string of the molecule is CCC[P]1(CCC)C=Cc2ccccc21. The van der Waals surface area contributed by atoms with E-state index in [-0.39, 0.29) is 0 Å². The van der Waals surface area contributed by atoms with Gasteiger partial charge in [-0.3, -0.25) is 0 Å². The van der Waals surface area contributed by atoms with E-state index in [0.29, 0.717) is 0 Å². The van der Waals surface area contributed by atoms with E-state index in [4.69, 9.17) is 0 Å². The Morgan fingerprint density at radius 2 is 1.67 bits per heavy atom. The highest BCUT2D eigenvalue weighted by Crippen LogP contribution is 2.63. The molecule has 1 radical (unpaired) electrons. The molecule has 1 heteroatoms. The maximum atomic E-state index is 2.55. The average molecular weight is 219 g/mol. The molecule has 0 aromatic heterocycles. The molecule has 0 bridgehead atoms. The Kier molecular flexibility index (Phi) is 3.26. The third kappa shape index (κ3) is 1.88. The molecule has 0 spiro atoms. The Balaban J connectivity index is 2.39. The van der Waals surface area contributed by atoms with Crippen LogP contribution in [0.3, 0.4) is 0 Å². The van der Waals surface area contributed by atoms with Crippen LogP contribution >= 0.6 is 7.26 Å². The minimum atomic E-state index is -0.917. The highest BCUT2D eigenvalue weighted by atomic mass is 31.2. The fourth-order valence-electron chi connectivity index (χ4n) is 2.64. The molecular formula is C14H20P. The Morgan fingerprint density at radius 1 is 1.00 bits per heavy atom. The first-order valence-electron chi connectivity index (χ1n) is 5.98. The molecule has 0 saturated carbocycles. The van der Waals surface area contributed by atoms with E-state index in [2.05, 4.69) is 50.0 Å². The van der Waals surface area contributed by atoms with Crippen LogP contribution in [0.2, 0.25) is 0 Å². The summed E-state index contributed by atoms with van der Waals surface area (Å²) in [5.41, 5.74) is 1.48. The first kappa shape index (κ1) is 10.9. The zero-order valence-corrected chi connectivity index (χ0v) is 10.6. The lowest BCUT2D eigenvalue weighted by molar-refractivity contribution is 1.05. The van der Waals surface area contributed by atoms with Crippen LogP contribution < -0.4 is 5.30 Å². The molecule has 0 nitrogen and oxygen atoms in total. The molecule has 0 unspecified atom stereocenters. The lowest BCUT2D eigenvalue weighted by atomic mass is 10.2. The Bertz CT molecular complexity index is 359. The quantitative estimate of drug-likeness (QED) is 0.668. The van der Waals surface area contributed by atoms with Gasteiger partial charge in [0.05, 0.1) is 0 Å². The summed E-state index contributed by atoms with van der Waals surface area (Å²) in [4.78, 5) is 0. The molecule has 0 fully saturated rings. The number of hydrogen-bond acceptors (Lipinski definition) is 0. The van der Waals surface area contributed by atoms with Crippen LogP contribution in [0.25, 0.3) is 6.08 Å². The van der Waals surface area contributed by atoms with Crippen molar-refractivity contribution in [1.29, 1.82) is 0 Å². The fraction of sp³-hybridized carbons (Fsp3) is 0.429. The molecule has 0 amide bonds.